The molecule has 0 aliphatic rings. The van der Waals surface area contributed by atoms with Crippen LogP contribution in [0.1, 0.15) is 33.4 Å². The summed E-state index contributed by atoms with van der Waals surface area (Å²) in [4.78, 5) is 0. The van der Waals surface area contributed by atoms with E-state index in [1.54, 1.807) is 90.5 Å². The molecule has 0 aliphatic heterocycles. The van der Waals surface area contributed by atoms with E-state index in [1.807, 2.05) is 36.4 Å². The van der Waals surface area contributed by atoms with Crippen molar-refractivity contribution >= 4 is 220 Å². The van der Waals surface area contributed by atoms with Gasteiger partial charge in [0.2, 0.25) is 17.1 Å². The van der Waals surface area contributed by atoms with Crippen LogP contribution in [0.15, 0.2) is 252 Å². The summed E-state index contributed by atoms with van der Waals surface area (Å²) in [5.74, 6) is 1.22. The smallest absolute Gasteiger partial charge is 0.407 e. The van der Waals surface area contributed by atoms with Gasteiger partial charge in [0.05, 0.1) is 18.6 Å². The molecule has 15 aromatic rings. The van der Waals surface area contributed by atoms with Crippen molar-refractivity contribution in [2.75, 3.05) is 21.1 Å². The third-order valence-electron chi connectivity index (χ3n) is 17.8. The molecule has 488 valence electrons. The molecule has 15 aromatic carbocycles. The van der Waals surface area contributed by atoms with Crippen LogP contribution in [0.4, 0.5) is 0 Å². The Labute approximate surface area is 601 Å². The van der Waals surface area contributed by atoms with Gasteiger partial charge in [-0.1, -0.05) is 164 Å². The summed E-state index contributed by atoms with van der Waals surface area (Å²) < 4.78 is 24.5. The largest absolute Gasteiger partial charge is 0.490 e. The molecule has 0 amide bonds. The minimum Gasteiger partial charge on any atom is -0.407 e. The van der Waals surface area contributed by atoms with E-state index in [4.69, 9.17) is 110 Å². The molecule has 0 fully saturated rings. The van der Waals surface area contributed by atoms with Crippen molar-refractivity contribution in [3.63, 3.8) is 0 Å². The lowest BCUT2D eigenvalue weighted by Gasteiger charge is -2.25. The predicted octanol–water partition coefficient (Wildman–Crippen LogP) is 21.7. The molecule has 98 heavy (non-hydrogen) atoms. The molecule has 0 saturated carbocycles. The van der Waals surface area contributed by atoms with E-state index in [1.165, 1.54) is 80.8 Å². The zero-order chi connectivity index (χ0) is 67.5. The second-order valence-electron chi connectivity index (χ2n) is 23.9. The summed E-state index contributed by atoms with van der Waals surface area (Å²) in [6.45, 7) is -2.29. The second kappa shape index (κ2) is 27.3. The number of hydrogen-bond donors (Lipinski definition) is 3. The van der Waals surface area contributed by atoms with Crippen molar-refractivity contribution in [2.24, 2.45) is 15.3 Å². The summed E-state index contributed by atoms with van der Waals surface area (Å²) in [7, 11) is 5.34. The highest BCUT2D eigenvalue weighted by atomic mass is 35.7. The van der Waals surface area contributed by atoms with Gasteiger partial charge in [0, 0.05) is 52.6 Å². The van der Waals surface area contributed by atoms with Gasteiger partial charge in [0.1, 0.15) is 17.2 Å². The van der Waals surface area contributed by atoms with E-state index in [-0.39, 0.29) is 0 Å². The maximum absolute atomic E-state index is 7.10. The first kappa shape index (κ1) is 66.5. The summed E-state index contributed by atoms with van der Waals surface area (Å²) in [6.07, 6.45) is 5.09. The van der Waals surface area contributed by atoms with Crippen molar-refractivity contribution in [3.05, 3.63) is 270 Å². The number of rotatable bonds is 24. The SMILES string of the molecule is CN(/N=C/c1ccc(OP(=S)(Oc2ccc(/C=N/N(C)P(=S)(Cl)NCc3ccc4ccc5cccc6ccc3c4c56)cc2)Oc2ccc(/C=N/N(C)P(=S)(Cl)NCc3ccc4ccc5cccc6ccc3c4c56)cc2)cc1)P(=S)(Cl)NCc1ccc2ccc3cccc4ccc1c2c34. The molecule has 0 bridgehead atoms. The van der Waals surface area contributed by atoms with Crippen LogP contribution in [0.2, 0.25) is 0 Å². The summed E-state index contributed by atoms with van der Waals surface area (Å²) in [6, 6.07) is 80.1. The molecule has 0 radical (unpaired) electrons. The summed E-state index contributed by atoms with van der Waals surface area (Å²) >= 11 is 45.5. The van der Waals surface area contributed by atoms with Crippen LogP contribution >= 0.6 is 57.5 Å². The van der Waals surface area contributed by atoms with E-state index in [2.05, 4.69) is 179 Å². The minimum absolute atomic E-state index is 0.406. The van der Waals surface area contributed by atoms with Crippen LogP contribution in [-0.4, -0.2) is 54.1 Å². The van der Waals surface area contributed by atoms with Crippen molar-refractivity contribution in [2.45, 2.75) is 19.6 Å². The summed E-state index contributed by atoms with van der Waals surface area (Å²) in [5.41, 5.74) is -2.94. The molecular formula is C75H60Cl3N9O3P4S4. The van der Waals surface area contributed by atoms with Crippen molar-refractivity contribution < 1.29 is 13.6 Å². The van der Waals surface area contributed by atoms with E-state index < -0.39 is 23.8 Å². The van der Waals surface area contributed by atoms with Gasteiger partial charge in [-0.2, -0.15) is 15.3 Å². The van der Waals surface area contributed by atoms with E-state index in [0.717, 1.165) is 49.5 Å². The molecule has 0 aromatic heterocycles. The molecule has 0 heterocycles. The van der Waals surface area contributed by atoms with Crippen LogP contribution in [-0.2, 0) is 66.9 Å². The second-order valence-corrected chi connectivity index (χ2v) is 43.3. The van der Waals surface area contributed by atoms with Crippen LogP contribution < -0.4 is 28.8 Å². The maximum atomic E-state index is 7.10. The molecule has 3 unspecified atom stereocenters. The van der Waals surface area contributed by atoms with Crippen molar-refractivity contribution in [1.29, 1.82) is 0 Å². The number of halogens is 3. The Morgan fingerprint density at radius 3 is 0.796 bits per heavy atom. The van der Waals surface area contributed by atoms with Crippen molar-refractivity contribution in [1.82, 2.24) is 29.6 Å². The Morgan fingerprint density at radius 1 is 0.316 bits per heavy atom. The van der Waals surface area contributed by atoms with E-state index >= 15 is 0 Å². The summed E-state index contributed by atoms with van der Waals surface area (Å²) in [5, 5.41) is 46.2. The third kappa shape index (κ3) is 13.6. The van der Waals surface area contributed by atoms with Crippen LogP contribution in [0, 0.1) is 0 Å². The highest BCUT2D eigenvalue weighted by Gasteiger charge is 2.28. The zero-order valence-corrected chi connectivity index (χ0v) is 61.9. The number of nitrogens with zero attached hydrogens (tertiary/aromatic N) is 6. The molecule has 3 N–H and O–H groups in total. The molecule has 15 rings (SSSR count). The fourth-order valence-electron chi connectivity index (χ4n) is 12.6. The van der Waals surface area contributed by atoms with Crippen LogP contribution in [0.25, 0.3) is 97.0 Å². The Kier molecular flexibility index (Phi) is 18.5. The van der Waals surface area contributed by atoms with Gasteiger partial charge in [-0.3, -0.25) is 15.3 Å². The minimum atomic E-state index is -3.69. The van der Waals surface area contributed by atoms with Gasteiger partial charge in [-0.15, -0.1) is 0 Å². The Morgan fingerprint density at radius 2 is 0.541 bits per heavy atom. The third-order valence-corrected chi connectivity index (χ3v) is 30.3. The predicted molar refractivity (Wildman–Crippen MR) is 433 cm³/mol. The Hall–Kier alpha value is -7.42. The Balaban J connectivity index is 0.620. The standard InChI is InChI=1S/C75H60Cl3N9O3P4S4/c1-85(91(76,95)82-46-61-28-25-58-22-19-52-7-4-10-55-31-40-67(61)73(58)70(52)55)79-43-49-13-34-64(35-14-49)88-94(98,89-65-36-15-50(16-37-65)44-80-86(2)92(77,96)83-47-62-29-26-59-23-20-53-8-5-11-56-32-41-68(62)74(59)71(53)56)90-66-38-17-51(18-39-66)45-81-87(3)93(78,97)84-48-63-30-27-60-24-21-54-9-6-12-57-33-42-69(63)75(60)72(54)57/h4-45H,46-48H2,1-3H3,(H,82,95)(H,83,96)(H,84,97)/b79-43+,80-44+,81-45+. The van der Waals surface area contributed by atoms with E-state index in [9.17, 15) is 0 Å². The number of hydrazone groups is 3. The lowest BCUT2D eigenvalue weighted by atomic mass is 9.92. The topological polar surface area (TPSA) is 111 Å². The van der Waals surface area contributed by atoms with Gasteiger partial charge in [-0.05, 0) is 272 Å². The number of nitrogens with one attached hydrogen (secondary N) is 3. The van der Waals surface area contributed by atoms with Crippen LogP contribution in [0.3, 0.4) is 0 Å². The van der Waals surface area contributed by atoms with Crippen molar-refractivity contribution in [3.8, 4) is 17.2 Å². The highest BCUT2D eigenvalue weighted by molar-refractivity contribution is 8.25. The first-order valence-electron chi connectivity index (χ1n) is 31.3. The number of benzene rings is 15. The monoisotopic (exact) mass is 1490 g/mol. The average molecular weight is 1490 g/mol. The quantitative estimate of drug-likeness (QED) is 0.0231. The molecule has 3 atom stereocenters. The molecule has 0 saturated heterocycles. The first-order valence-corrected chi connectivity index (χ1v) is 44.8. The molecule has 23 heteroatoms. The zero-order valence-electron chi connectivity index (χ0n) is 52.8. The lowest BCUT2D eigenvalue weighted by molar-refractivity contribution is 0.384. The molecule has 0 aliphatic carbocycles. The normalized spacial score (nSPS) is 14.8. The van der Waals surface area contributed by atoms with Gasteiger partial charge < -0.3 is 13.6 Å². The van der Waals surface area contributed by atoms with Gasteiger partial charge in [0.25, 0.3) is 0 Å². The molecule has 12 nitrogen and oxygen atoms in total. The van der Waals surface area contributed by atoms with Gasteiger partial charge >= 0.3 is 6.72 Å². The van der Waals surface area contributed by atoms with Crippen LogP contribution in [0.5, 0.6) is 17.2 Å². The van der Waals surface area contributed by atoms with E-state index in [0.29, 0.717) is 36.9 Å². The highest BCUT2D eigenvalue weighted by Crippen LogP contribution is 2.54. The van der Waals surface area contributed by atoms with Gasteiger partial charge in [0.15, 0.2) is 0 Å². The fourth-order valence-corrected chi connectivity index (χ4v) is 18.8. The van der Waals surface area contributed by atoms with Gasteiger partial charge in [-0.25, -0.2) is 14.3 Å². The average Bonchev–Trinajstić information content (AvgIpc) is 0.751. The Bertz CT molecular complexity index is 5250. The maximum Gasteiger partial charge on any atom is 0.490 e. The molecular weight excluding hydrogens is 1430 g/mol. The molecule has 0 spiro atoms. The fraction of sp³-hybridized carbons (Fsp3) is 0.0800. The lowest BCUT2D eigenvalue weighted by Crippen LogP contribution is -2.17. The number of hydrogen-bond acceptors (Lipinski definition) is 10. The first-order chi connectivity index (χ1) is 47.3.